The molecule has 3 aromatic carbocycles. The average molecular weight is 627 g/mol. The van der Waals surface area contributed by atoms with Crippen molar-refractivity contribution in [2.75, 3.05) is 19.5 Å². The van der Waals surface area contributed by atoms with Crippen molar-refractivity contribution in [2.45, 2.75) is 30.1 Å². The van der Waals surface area contributed by atoms with Crippen LogP contribution >= 0.6 is 11.8 Å². The van der Waals surface area contributed by atoms with Crippen LogP contribution in [0.2, 0.25) is 0 Å². The minimum atomic E-state index is -1.85. The van der Waals surface area contributed by atoms with Crippen molar-refractivity contribution in [3.8, 4) is 0 Å². The van der Waals surface area contributed by atoms with Gasteiger partial charge in [0.15, 0.2) is 12.3 Å². The third-order valence-corrected chi connectivity index (χ3v) is 8.72. The lowest BCUT2D eigenvalue weighted by atomic mass is 9.93. The van der Waals surface area contributed by atoms with Crippen LogP contribution in [0, 0.1) is 6.92 Å². The lowest BCUT2D eigenvalue weighted by molar-refractivity contribution is -0.256. The summed E-state index contributed by atoms with van der Waals surface area (Å²) in [6, 6.07) is 25.6. The van der Waals surface area contributed by atoms with E-state index in [0.717, 1.165) is 16.7 Å². The maximum Gasteiger partial charge on any atom is 0.356 e. The number of carbonyl (C=O) groups is 3. The van der Waals surface area contributed by atoms with Crippen LogP contribution in [0.3, 0.4) is 0 Å². The summed E-state index contributed by atoms with van der Waals surface area (Å²) in [5, 5.41) is 14.7. The fourth-order valence-electron chi connectivity index (χ4n) is 5.23. The zero-order valence-electron chi connectivity index (χ0n) is 24.7. The molecule has 0 saturated carbocycles. The zero-order valence-corrected chi connectivity index (χ0v) is 25.6. The second-order valence-electron chi connectivity index (χ2n) is 10.5. The number of thioether (sulfide) groups is 1. The summed E-state index contributed by atoms with van der Waals surface area (Å²) in [4.78, 5) is 42.6. The topological polar surface area (TPSA) is 138 Å². The van der Waals surface area contributed by atoms with Crippen molar-refractivity contribution >= 4 is 29.5 Å². The molecule has 12 nitrogen and oxygen atoms in total. The van der Waals surface area contributed by atoms with Crippen LogP contribution in [-0.2, 0) is 30.8 Å². The molecule has 0 bridgehead atoms. The van der Waals surface area contributed by atoms with Crippen LogP contribution in [0.1, 0.15) is 33.2 Å². The van der Waals surface area contributed by atoms with E-state index >= 15 is 0 Å². The lowest BCUT2D eigenvalue weighted by Gasteiger charge is -2.55. The number of carbonyl (C=O) groups excluding carboxylic acids is 3. The van der Waals surface area contributed by atoms with Gasteiger partial charge >= 0.3 is 5.97 Å². The van der Waals surface area contributed by atoms with Gasteiger partial charge in [0.05, 0.1) is 6.61 Å². The van der Waals surface area contributed by atoms with Gasteiger partial charge in [-0.25, -0.2) is 9.48 Å². The van der Waals surface area contributed by atoms with Crippen LogP contribution in [0.25, 0.3) is 0 Å². The third-order valence-electron chi connectivity index (χ3n) is 7.62. The van der Waals surface area contributed by atoms with E-state index < -0.39 is 35.8 Å². The number of amides is 2. The maximum atomic E-state index is 14.2. The highest BCUT2D eigenvalue weighted by Crippen LogP contribution is 2.42. The van der Waals surface area contributed by atoms with Gasteiger partial charge in [-0.1, -0.05) is 90.1 Å². The Hall–Kier alpha value is -4.85. The fraction of sp³-hybridized carbons (Fsp3) is 0.250. The molecule has 4 aromatic rings. The molecule has 45 heavy (non-hydrogen) atoms. The SMILES string of the molecule is COC1(NC(=O)c2ccc(C)cc2)C(=O)N2C(C(=O)OC(c3ccccc3)c3ccccc3)=C(CSc3nnnn3C)COC21. The summed E-state index contributed by atoms with van der Waals surface area (Å²) in [6.07, 6.45) is -1.88. The normalized spacial score (nSPS) is 19.2. The number of benzene rings is 3. The Kier molecular flexibility index (Phi) is 8.48. The molecule has 1 fully saturated rings. The summed E-state index contributed by atoms with van der Waals surface area (Å²) in [5.41, 5.74) is 1.51. The number of β-lactam (4-membered cyclic amide) rings is 1. The highest BCUT2D eigenvalue weighted by Gasteiger charge is 2.67. The predicted octanol–water partition coefficient (Wildman–Crippen LogP) is 3.17. The van der Waals surface area contributed by atoms with Gasteiger partial charge < -0.3 is 19.5 Å². The van der Waals surface area contributed by atoms with E-state index in [1.54, 1.807) is 31.3 Å². The van der Waals surface area contributed by atoms with Crippen molar-refractivity contribution in [3.05, 3.63) is 118 Å². The number of methoxy groups -OCH3 is 1. The number of rotatable bonds is 10. The summed E-state index contributed by atoms with van der Waals surface area (Å²) in [5.74, 6) is -1.69. The third kappa shape index (κ3) is 5.72. The minimum Gasteiger partial charge on any atom is -0.448 e. The number of esters is 1. The second kappa shape index (κ2) is 12.6. The van der Waals surface area contributed by atoms with Gasteiger partial charge in [-0.15, -0.1) is 5.10 Å². The van der Waals surface area contributed by atoms with Crippen LogP contribution in [0.4, 0.5) is 0 Å². The quantitative estimate of drug-likeness (QED) is 0.121. The molecule has 1 saturated heterocycles. The van der Waals surface area contributed by atoms with Crippen molar-refractivity contribution in [1.29, 1.82) is 0 Å². The summed E-state index contributed by atoms with van der Waals surface area (Å²) >= 11 is 1.28. The van der Waals surface area contributed by atoms with E-state index in [2.05, 4.69) is 20.8 Å². The first-order valence-electron chi connectivity index (χ1n) is 14.1. The molecule has 3 heterocycles. The number of nitrogens with zero attached hydrogens (tertiary/aromatic N) is 5. The number of tetrazole rings is 1. The molecular weight excluding hydrogens is 596 g/mol. The monoisotopic (exact) mass is 626 g/mol. The zero-order chi connectivity index (χ0) is 31.6. The average Bonchev–Trinajstić information content (AvgIpc) is 3.49. The van der Waals surface area contributed by atoms with Crippen molar-refractivity contribution in [1.82, 2.24) is 30.4 Å². The van der Waals surface area contributed by atoms with Gasteiger partial charge in [-0.05, 0) is 46.2 Å². The maximum absolute atomic E-state index is 14.2. The highest BCUT2D eigenvalue weighted by molar-refractivity contribution is 7.99. The van der Waals surface area contributed by atoms with Crippen LogP contribution < -0.4 is 5.32 Å². The molecule has 0 radical (unpaired) electrons. The molecule has 2 aliphatic heterocycles. The van der Waals surface area contributed by atoms with Crippen molar-refractivity contribution in [2.24, 2.45) is 7.05 Å². The highest BCUT2D eigenvalue weighted by atomic mass is 32.2. The smallest absolute Gasteiger partial charge is 0.356 e. The number of fused-ring (bicyclic) bond motifs is 1. The van der Waals surface area contributed by atoms with E-state index in [4.69, 9.17) is 14.2 Å². The molecule has 0 aliphatic carbocycles. The van der Waals surface area contributed by atoms with Gasteiger partial charge in [0, 0.05) is 25.5 Å². The Balaban J connectivity index is 1.34. The minimum absolute atomic E-state index is 0.0213. The first-order valence-corrected chi connectivity index (χ1v) is 15.1. The Morgan fingerprint density at radius 1 is 1.04 bits per heavy atom. The second-order valence-corrected chi connectivity index (χ2v) is 11.5. The van der Waals surface area contributed by atoms with Gasteiger partial charge in [-0.3, -0.25) is 14.5 Å². The first kappa shape index (κ1) is 30.2. The molecule has 0 spiro atoms. The Morgan fingerprint density at radius 3 is 2.27 bits per heavy atom. The number of aryl methyl sites for hydroxylation is 2. The van der Waals surface area contributed by atoms with E-state index in [-0.39, 0.29) is 18.1 Å². The molecule has 1 N–H and O–H groups in total. The molecule has 2 unspecified atom stereocenters. The van der Waals surface area contributed by atoms with Gasteiger partial charge in [-0.2, -0.15) is 0 Å². The molecule has 2 aliphatic rings. The van der Waals surface area contributed by atoms with Crippen LogP contribution in [0.5, 0.6) is 0 Å². The summed E-state index contributed by atoms with van der Waals surface area (Å²) in [7, 11) is 3.01. The molecule has 1 aromatic heterocycles. The van der Waals surface area contributed by atoms with Gasteiger partial charge in [0.1, 0.15) is 5.70 Å². The predicted molar refractivity (Wildman–Crippen MR) is 162 cm³/mol. The fourth-order valence-corrected chi connectivity index (χ4v) is 6.07. The molecule has 2 amide bonds. The van der Waals surface area contributed by atoms with E-state index in [9.17, 15) is 14.4 Å². The van der Waals surface area contributed by atoms with E-state index in [1.165, 1.54) is 28.5 Å². The van der Waals surface area contributed by atoms with E-state index in [1.807, 2.05) is 67.6 Å². The summed E-state index contributed by atoms with van der Waals surface area (Å²) < 4.78 is 19.4. The number of aromatic nitrogens is 4. The molecule has 230 valence electrons. The number of hydrogen-bond donors (Lipinski definition) is 1. The Labute approximate surface area is 263 Å². The van der Waals surface area contributed by atoms with Crippen molar-refractivity contribution in [3.63, 3.8) is 0 Å². The molecule has 2 atom stereocenters. The number of ether oxygens (including phenoxy) is 3. The largest absolute Gasteiger partial charge is 0.448 e. The Morgan fingerprint density at radius 2 is 1.69 bits per heavy atom. The molecule has 13 heteroatoms. The number of hydrogen-bond acceptors (Lipinski definition) is 10. The Bertz CT molecular complexity index is 1710. The standard InChI is InChI=1S/C32H30N6O6S/c1-20-14-16-23(17-15-20)27(39)33-32(42-3)29(41)38-25(24(18-43-30(32)38)19-45-31-34-35-36-37(31)2)28(40)44-26(21-10-6-4-7-11-21)22-12-8-5-9-13-22/h4-17,26,30H,18-19H2,1-3H3,(H,33,39). The summed E-state index contributed by atoms with van der Waals surface area (Å²) in [6.45, 7) is 1.87. The first-order chi connectivity index (χ1) is 21.8. The lowest BCUT2D eigenvalue weighted by Crippen LogP contribution is -2.82. The van der Waals surface area contributed by atoms with E-state index in [0.29, 0.717) is 16.3 Å². The van der Waals surface area contributed by atoms with Crippen LogP contribution in [-0.4, -0.2) is 74.3 Å². The number of nitrogens with one attached hydrogen (secondary N) is 1. The molecular formula is C32H30N6O6S. The van der Waals surface area contributed by atoms with Gasteiger partial charge in [0.25, 0.3) is 17.5 Å². The van der Waals surface area contributed by atoms with Crippen molar-refractivity contribution < 1.29 is 28.6 Å². The molecule has 6 rings (SSSR count). The van der Waals surface area contributed by atoms with Crippen LogP contribution in [0.15, 0.2) is 101 Å². The van der Waals surface area contributed by atoms with Gasteiger partial charge in [0.2, 0.25) is 5.16 Å².